The molecule has 1 aromatic heterocycles. The summed E-state index contributed by atoms with van der Waals surface area (Å²) in [5, 5.41) is 26.6. The first-order valence-corrected chi connectivity index (χ1v) is 13.8. The predicted molar refractivity (Wildman–Crippen MR) is 143 cm³/mol. The van der Waals surface area contributed by atoms with Crippen molar-refractivity contribution in [3.8, 4) is 0 Å². The third kappa shape index (κ3) is 4.14. The van der Waals surface area contributed by atoms with Gasteiger partial charge in [-0.15, -0.1) is 0 Å². The van der Waals surface area contributed by atoms with Gasteiger partial charge in [0, 0.05) is 46.7 Å². The SMILES string of the molecule is CSCCCN1C(=O)C2C(c3cc(Cl)ccc3[N+](=O)[O-])NC(Cc3c[nH]c4ccccc34)(C(=O)O)C2C1=O. The number of nitrogens with one attached hydrogen (secondary N) is 2. The van der Waals surface area contributed by atoms with E-state index in [0.29, 0.717) is 17.7 Å². The molecule has 0 radical (unpaired) electrons. The van der Waals surface area contributed by atoms with Gasteiger partial charge in [-0.25, -0.2) is 0 Å². The number of benzene rings is 2. The van der Waals surface area contributed by atoms with Crippen LogP contribution in [-0.2, 0) is 20.8 Å². The number of carboxylic acid groups (broad SMARTS) is 1. The van der Waals surface area contributed by atoms with Crippen LogP contribution in [0.2, 0.25) is 5.02 Å². The second-order valence-corrected chi connectivity index (χ2v) is 11.0. The molecule has 0 saturated carbocycles. The van der Waals surface area contributed by atoms with E-state index in [9.17, 15) is 29.6 Å². The van der Waals surface area contributed by atoms with Crippen molar-refractivity contribution in [2.75, 3.05) is 18.6 Å². The van der Waals surface area contributed by atoms with Gasteiger partial charge in [0.1, 0.15) is 5.54 Å². The number of nitro benzene ring substituents is 1. The van der Waals surface area contributed by atoms with E-state index in [1.54, 1.807) is 18.0 Å². The van der Waals surface area contributed by atoms with Gasteiger partial charge >= 0.3 is 5.97 Å². The van der Waals surface area contributed by atoms with Gasteiger partial charge in [0.15, 0.2) is 0 Å². The van der Waals surface area contributed by atoms with Gasteiger partial charge in [0.05, 0.1) is 22.8 Å². The van der Waals surface area contributed by atoms with Crippen LogP contribution in [0, 0.1) is 22.0 Å². The van der Waals surface area contributed by atoms with Crippen LogP contribution in [0.1, 0.15) is 23.6 Å². The zero-order valence-electron chi connectivity index (χ0n) is 20.3. The van der Waals surface area contributed by atoms with Crippen LogP contribution in [0.5, 0.6) is 0 Å². The molecule has 2 aromatic carbocycles. The fourth-order valence-electron chi connectivity index (χ4n) is 5.87. The van der Waals surface area contributed by atoms with Gasteiger partial charge in [-0.1, -0.05) is 29.8 Å². The second-order valence-electron chi connectivity index (χ2n) is 9.57. The highest BCUT2D eigenvalue weighted by Crippen LogP contribution is 2.52. The quantitative estimate of drug-likeness (QED) is 0.156. The normalized spacial score (nSPS) is 24.8. The molecule has 0 spiro atoms. The Labute approximate surface area is 226 Å². The molecule has 4 unspecified atom stereocenters. The molecule has 0 aliphatic carbocycles. The zero-order valence-corrected chi connectivity index (χ0v) is 21.9. The van der Waals surface area contributed by atoms with Crippen LogP contribution in [0.25, 0.3) is 10.9 Å². The first-order chi connectivity index (χ1) is 18.2. The number of nitro groups is 1. The van der Waals surface area contributed by atoms with E-state index < -0.39 is 46.1 Å². The van der Waals surface area contributed by atoms with Gasteiger partial charge in [0.25, 0.3) is 5.69 Å². The molecular formula is C26H25ClN4O6S. The fraction of sp³-hybridized carbons (Fsp3) is 0.346. The van der Waals surface area contributed by atoms with E-state index in [2.05, 4.69) is 10.3 Å². The van der Waals surface area contributed by atoms with Crippen molar-refractivity contribution in [1.29, 1.82) is 0 Å². The topological polar surface area (TPSA) is 146 Å². The number of aromatic amines is 1. The Morgan fingerprint density at radius 2 is 2.00 bits per heavy atom. The summed E-state index contributed by atoms with van der Waals surface area (Å²) in [5.41, 5.74) is -0.673. The van der Waals surface area contributed by atoms with E-state index in [0.717, 1.165) is 15.8 Å². The van der Waals surface area contributed by atoms with E-state index in [-0.39, 0.29) is 29.2 Å². The van der Waals surface area contributed by atoms with Gasteiger partial charge in [-0.2, -0.15) is 11.8 Å². The number of fused-ring (bicyclic) bond motifs is 2. The number of H-pyrrole nitrogens is 1. The number of aliphatic carboxylic acids is 1. The van der Waals surface area contributed by atoms with Crippen LogP contribution in [0.15, 0.2) is 48.7 Å². The first-order valence-electron chi connectivity index (χ1n) is 12.0. The third-order valence-electron chi connectivity index (χ3n) is 7.52. The van der Waals surface area contributed by atoms with Crippen molar-refractivity contribution in [2.45, 2.75) is 24.4 Å². The summed E-state index contributed by atoms with van der Waals surface area (Å²) in [7, 11) is 0. The van der Waals surface area contributed by atoms with Gasteiger partial charge in [0.2, 0.25) is 11.8 Å². The minimum absolute atomic E-state index is 0.0756. The number of carbonyl (C=O) groups is 3. The summed E-state index contributed by atoms with van der Waals surface area (Å²) in [6.45, 7) is 0.151. The maximum absolute atomic E-state index is 13.8. The summed E-state index contributed by atoms with van der Waals surface area (Å²) in [6, 6.07) is 10.2. The molecule has 3 N–H and O–H groups in total. The number of aromatic nitrogens is 1. The van der Waals surface area contributed by atoms with E-state index in [4.69, 9.17) is 11.6 Å². The van der Waals surface area contributed by atoms with Crippen LogP contribution in [-0.4, -0.2) is 61.8 Å². The number of amides is 2. The highest BCUT2D eigenvalue weighted by Gasteiger charge is 2.68. The van der Waals surface area contributed by atoms with Crippen molar-refractivity contribution in [2.24, 2.45) is 11.8 Å². The van der Waals surface area contributed by atoms with Crippen molar-refractivity contribution < 1.29 is 24.4 Å². The zero-order chi connectivity index (χ0) is 27.2. The van der Waals surface area contributed by atoms with Crippen LogP contribution in [0.4, 0.5) is 5.69 Å². The maximum Gasteiger partial charge on any atom is 0.325 e. The van der Waals surface area contributed by atoms with E-state index in [1.165, 1.54) is 18.2 Å². The van der Waals surface area contributed by atoms with Crippen LogP contribution >= 0.6 is 23.4 Å². The molecule has 198 valence electrons. The molecular weight excluding hydrogens is 532 g/mol. The van der Waals surface area contributed by atoms with Crippen LogP contribution < -0.4 is 5.32 Å². The van der Waals surface area contributed by atoms with E-state index >= 15 is 0 Å². The number of thioether (sulfide) groups is 1. The molecule has 3 aromatic rings. The summed E-state index contributed by atoms with van der Waals surface area (Å²) in [6.07, 6.45) is 4.04. The van der Waals surface area contributed by atoms with Crippen molar-refractivity contribution in [1.82, 2.24) is 15.2 Å². The van der Waals surface area contributed by atoms with Crippen molar-refractivity contribution in [3.05, 3.63) is 74.9 Å². The number of likely N-dealkylation sites (tertiary alicyclic amines) is 1. The Morgan fingerprint density at radius 3 is 2.71 bits per heavy atom. The number of hydrogen-bond acceptors (Lipinski definition) is 7. The molecule has 0 bridgehead atoms. The molecule has 4 atom stereocenters. The molecule has 2 amide bonds. The highest BCUT2D eigenvalue weighted by atomic mass is 35.5. The fourth-order valence-corrected chi connectivity index (χ4v) is 6.47. The Bertz CT molecular complexity index is 1460. The lowest BCUT2D eigenvalue weighted by atomic mass is 9.76. The standard InChI is InChI=1S/C26H25ClN4O6S/c1-38-10-4-9-30-23(32)20-21(24(30)33)26(25(34)35,12-14-13-28-18-6-3-2-5-16(14)18)29-22(20)17-11-15(27)7-8-19(17)31(36)37/h2-3,5-8,11,13,20-22,28-29H,4,9-10,12H2,1H3,(H,34,35). The molecule has 2 saturated heterocycles. The number of para-hydroxylation sites is 1. The van der Waals surface area contributed by atoms with Gasteiger partial charge in [-0.3, -0.25) is 34.7 Å². The Hall–Kier alpha value is -3.41. The number of hydrogen-bond donors (Lipinski definition) is 3. The van der Waals surface area contributed by atoms with Crippen LogP contribution in [0.3, 0.4) is 0 Å². The molecule has 2 aliphatic heterocycles. The number of rotatable bonds is 9. The summed E-state index contributed by atoms with van der Waals surface area (Å²) in [5.74, 6) is -4.11. The molecule has 38 heavy (non-hydrogen) atoms. The summed E-state index contributed by atoms with van der Waals surface area (Å²) in [4.78, 5) is 56.2. The lowest BCUT2D eigenvalue weighted by Gasteiger charge is -2.31. The smallest absolute Gasteiger partial charge is 0.325 e. The maximum atomic E-state index is 13.8. The number of carbonyl (C=O) groups excluding carboxylic acids is 2. The first kappa shape index (κ1) is 26.2. The number of halogens is 1. The molecule has 3 heterocycles. The van der Waals surface area contributed by atoms with E-state index in [1.807, 2.05) is 30.5 Å². The average molecular weight is 557 g/mol. The summed E-state index contributed by atoms with van der Waals surface area (Å²) < 4.78 is 0. The molecule has 2 aliphatic rings. The van der Waals surface area contributed by atoms with Crippen molar-refractivity contribution in [3.63, 3.8) is 0 Å². The third-order valence-corrected chi connectivity index (χ3v) is 8.45. The lowest BCUT2D eigenvalue weighted by molar-refractivity contribution is -0.385. The molecule has 10 nitrogen and oxygen atoms in total. The monoisotopic (exact) mass is 556 g/mol. The molecule has 2 fully saturated rings. The molecule has 12 heteroatoms. The number of carboxylic acids is 1. The summed E-state index contributed by atoms with van der Waals surface area (Å²) >= 11 is 7.77. The average Bonchev–Trinajstić information content (AvgIpc) is 3.52. The Morgan fingerprint density at radius 1 is 1.24 bits per heavy atom. The van der Waals surface area contributed by atoms with Crippen molar-refractivity contribution >= 4 is 57.7 Å². The highest BCUT2D eigenvalue weighted by molar-refractivity contribution is 7.98. The lowest BCUT2D eigenvalue weighted by Crippen LogP contribution is -2.57. The number of imide groups is 1. The van der Waals surface area contributed by atoms with Gasteiger partial charge in [-0.05, 0) is 42.2 Å². The number of nitrogens with zero attached hydrogens (tertiary/aromatic N) is 2. The Balaban J connectivity index is 1.66. The minimum atomic E-state index is -1.89. The van der Waals surface area contributed by atoms with Gasteiger partial charge < -0.3 is 10.1 Å². The Kier molecular flexibility index (Phi) is 6.93. The molecule has 5 rings (SSSR count). The predicted octanol–water partition coefficient (Wildman–Crippen LogP) is 3.79. The second kappa shape index (κ2) is 10.0. The minimum Gasteiger partial charge on any atom is -0.480 e. The largest absolute Gasteiger partial charge is 0.480 e.